The average molecular weight is 475 g/mol. The van der Waals surface area contributed by atoms with Crippen LogP contribution in [0.15, 0.2) is 86.9 Å². The molecule has 0 bridgehead atoms. The molecule has 0 atom stereocenters. The monoisotopic (exact) mass is 474 g/mol. The number of hydrogen-bond acceptors (Lipinski definition) is 5. The van der Waals surface area contributed by atoms with Crippen LogP contribution in [-0.2, 0) is 16.4 Å². The van der Waals surface area contributed by atoms with Crippen LogP contribution in [0.2, 0.25) is 0 Å². The van der Waals surface area contributed by atoms with Crippen LogP contribution >= 0.6 is 0 Å². The summed E-state index contributed by atoms with van der Waals surface area (Å²) in [5.74, 6) is -0.584. The number of anilines is 2. The van der Waals surface area contributed by atoms with Crippen molar-refractivity contribution in [1.82, 2.24) is 0 Å². The first-order chi connectivity index (χ1) is 16.3. The molecule has 0 saturated carbocycles. The summed E-state index contributed by atoms with van der Waals surface area (Å²) in [6, 6.07) is 20.4. The lowest BCUT2D eigenvalue weighted by molar-refractivity contribution is 0.102. The normalized spacial score (nSPS) is 13.5. The van der Waals surface area contributed by atoms with Gasteiger partial charge in [0.1, 0.15) is 11.1 Å². The van der Waals surface area contributed by atoms with Gasteiger partial charge in [0.05, 0.1) is 10.6 Å². The fraction of sp³-hybridized carbons (Fsp3) is 0.154. The summed E-state index contributed by atoms with van der Waals surface area (Å²) in [6.07, 6.45) is 1.33. The number of nitrogens with one attached hydrogen (secondary N) is 1. The summed E-state index contributed by atoms with van der Waals surface area (Å²) in [5, 5.41) is 3.39. The summed E-state index contributed by atoms with van der Waals surface area (Å²) < 4.78 is 33.2. The maximum Gasteiger partial charge on any atom is 0.349 e. The van der Waals surface area contributed by atoms with Gasteiger partial charge in [-0.1, -0.05) is 35.9 Å². The molecule has 0 aliphatic carbocycles. The highest BCUT2D eigenvalue weighted by Crippen LogP contribution is 2.34. The Kier molecular flexibility index (Phi) is 5.45. The SMILES string of the molecule is Cc1ccc(S(=O)(=O)N2CCCc3cc(NC(=O)c4cc5ccccc5oc4=O)ccc32)cc1. The van der Waals surface area contributed by atoms with Gasteiger partial charge < -0.3 is 9.73 Å². The highest BCUT2D eigenvalue weighted by molar-refractivity contribution is 7.92. The van der Waals surface area contributed by atoms with Crippen molar-refractivity contribution in [3.8, 4) is 0 Å². The molecule has 0 unspecified atom stereocenters. The van der Waals surface area contributed by atoms with E-state index < -0.39 is 21.6 Å². The number of fused-ring (bicyclic) bond motifs is 2. The van der Waals surface area contributed by atoms with Gasteiger partial charge in [-0.15, -0.1) is 0 Å². The Morgan fingerprint density at radius 3 is 2.56 bits per heavy atom. The lowest BCUT2D eigenvalue weighted by Crippen LogP contribution is -2.35. The van der Waals surface area contributed by atoms with Crippen LogP contribution in [0.3, 0.4) is 0 Å². The number of aryl methyl sites for hydroxylation is 2. The lowest BCUT2D eigenvalue weighted by atomic mass is 10.0. The van der Waals surface area contributed by atoms with Crippen LogP contribution < -0.4 is 15.2 Å². The third-order valence-corrected chi connectivity index (χ3v) is 7.74. The van der Waals surface area contributed by atoms with E-state index in [1.165, 1.54) is 10.4 Å². The minimum Gasteiger partial charge on any atom is -0.422 e. The van der Waals surface area contributed by atoms with E-state index in [9.17, 15) is 18.0 Å². The van der Waals surface area contributed by atoms with Gasteiger partial charge in [-0.2, -0.15) is 0 Å². The van der Waals surface area contributed by atoms with Gasteiger partial charge in [0.25, 0.3) is 15.9 Å². The Balaban J connectivity index is 1.43. The number of carbonyl (C=O) groups excluding carboxylic acids is 1. The van der Waals surface area contributed by atoms with Crippen molar-refractivity contribution in [2.75, 3.05) is 16.2 Å². The second-order valence-corrected chi connectivity index (χ2v) is 10.1. The van der Waals surface area contributed by atoms with E-state index in [0.717, 1.165) is 11.1 Å². The average Bonchev–Trinajstić information content (AvgIpc) is 2.83. The predicted molar refractivity (Wildman–Crippen MR) is 131 cm³/mol. The molecule has 34 heavy (non-hydrogen) atoms. The zero-order chi connectivity index (χ0) is 23.9. The smallest absolute Gasteiger partial charge is 0.349 e. The van der Waals surface area contributed by atoms with Crippen molar-refractivity contribution in [2.45, 2.75) is 24.7 Å². The number of benzene rings is 3. The van der Waals surface area contributed by atoms with Crippen molar-refractivity contribution in [1.29, 1.82) is 0 Å². The molecule has 0 fully saturated rings. The van der Waals surface area contributed by atoms with Crippen molar-refractivity contribution < 1.29 is 17.6 Å². The van der Waals surface area contributed by atoms with Gasteiger partial charge in [0.2, 0.25) is 0 Å². The fourth-order valence-electron chi connectivity index (χ4n) is 4.15. The van der Waals surface area contributed by atoms with Crippen LogP contribution in [0.1, 0.15) is 27.9 Å². The van der Waals surface area contributed by atoms with Crippen LogP contribution in [0.4, 0.5) is 11.4 Å². The van der Waals surface area contributed by atoms with E-state index in [0.29, 0.717) is 41.7 Å². The van der Waals surface area contributed by atoms with E-state index >= 15 is 0 Å². The second kappa shape index (κ2) is 8.46. The number of nitrogens with zero attached hydrogens (tertiary/aromatic N) is 1. The molecule has 1 N–H and O–H groups in total. The topological polar surface area (TPSA) is 96.7 Å². The van der Waals surface area contributed by atoms with Gasteiger partial charge in [-0.05, 0) is 67.8 Å². The van der Waals surface area contributed by atoms with Crippen molar-refractivity contribution in [3.05, 3.63) is 99.9 Å². The molecule has 172 valence electrons. The molecule has 1 aliphatic heterocycles. The van der Waals surface area contributed by atoms with E-state index in [2.05, 4.69) is 5.32 Å². The summed E-state index contributed by atoms with van der Waals surface area (Å²) >= 11 is 0. The Morgan fingerprint density at radius 2 is 1.76 bits per heavy atom. The maximum absolute atomic E-state index is 13.3. The minimum absolute atomic E-state index is 0.0972. The highest BCUT2D eigenvalue weighted by Gasteiger charge is 2.29. The molecule has 4 aromatic rings. The zero-order valence-electron chi connectivity index (χ0n) is 18.4. The standard InChI is InChI=1S/C26H22N2O5S/c1-17-8-11-21(12-9-17)34(31,32)28-14-4-6-18-15-20(10-13-23(18)28)27-25(29)22-16-19-5-2-3-7-24(19)33-26(22)30/h2-3,5,7-13,15-16H,4,6,14H2,1H3,(H,27,29). The summed E-state index contributed by atoms with van der Waals surface area (Å²) in [7, 11) is -3.71. The molecule has 5 rings (SSSR count). The third kappa shape index (κ3) is 3.97. The van der Waals surface area contributed by atoms with Gasteiger partial charge >= 0.3 is 5.63 Å². The largest absolute Gasteiger partial charge is 0.422 e. The van der Waals surface area contributed by atoms with Crippen LogP contribution in [0, 0.1) is 6.92 Å². The Bertz CT molecular complexity index is 1570. The number of hydrogen-bond donors (Lipinski definition) is 1. The van der Waals surface area contributed by atoms with Gasteiger partial charge in [0.15, 0.2) is 0 Å². The molecule has 3 aromatic carbocycles. The van der Waals surface area contributed by atoms with E-state index in [-0.39, 0.29) is 10.5 Å². The molecular formula is C26H22N2O5S. The minimum atomic E-state index is -3.71. The second-order valence-electron chi connectivity index (χ2n) is 8.28. The molecule has 0 radical (unpaired) electrons. The third-order valence-electron chi connectivity index (χ3n) is 5.91. The van der Waals surface area contributed by atoms with Crippen molar-refractivity contribution in [3.63, 3.8) is 0 Å². The summed E-state index contributed by atoms with van der Waals surface area (Å²) in [4.78, 5) is 25.4. The number of carbonyl (C=O) groups is 1. The molecular weight excluding hydrogens is 452 g/mol. The molecule has 8 heteroatoms. The summed E-state index contributed by atoms with van der Waals surface area (Å²) in [6.45, 7) is 2.29. The molecule has 1 amide bonds. The molecule has 0 spiro atoms. The number of rotatable bonds is 4. The first-order valence-corrected chi connectivity index (χ1v) is 12.3. The van der Waals surface area contributed by atoms with Crippen LogP contribution in [0.25, 0.3) is 11.0 Å². The van der Waals surface area contributed by atoms with E-state index in [1.807, 2.05) is 6.92 Å². The van der Waals surface area contributed by atoms with Crippen molar-refractivity contribution in [2.24, 2.45) is 0 Å². The molecule has 0 saturated heterocycles. The first kappa shape index (κ1) is 21.9. The lowest BCUT2D eigenvalue weighted by Gasteiger charge is -2.31. The van der Waals surface area contributed by atoms with Gasteiger partial charge in [0, 0.05) is 17.6 Å². The fourth-order valence-corrected chi connectivity index (χ4v) is 5.69. The highest BCUT2D eigenvalue weighted by atomic mass is 32.2. The van der Waals surface area contributed by atoms with Crippen LogP contribution in [0.5, 0.6) is 0 Å². The first-order valence-electron chi connectivity index (χ1n) is 10.9. The molecule has 1 aromatic heterocycles. The molecule has 1 aliphatic rings. The Morgan fingerprint density at radius 1 is 1.00 bits per heavy atom. The Labute approximate surface area is 196 Å². The van der Waals surface area contributed by atoms with Crippen LogP contribution in [-0.4, -0.2) is 20.9 Å². The van der Waals surface area contributed by atoms with Gasteiger partial charge in [-0.25, -0.2) is 13.2 Å². The van der Waals surface area contributed by atoms with E-state index in [1.54, 1.807) is 66.7 Å². The maximum atomic E-state index is 13.3. The molecule has 2 heterocycles. The summed E-state index contributed by atoms with van der Waals surface area (Å²) in [5.41, 5.74) is 2.46. The number of amides is 1. The zero-order valence-corrected chi connectivity index (χ0v) is 19.3. The van der Waals surface area contributed by atoms with E-state index in [4.69, 9.17) is 4.42 Å². The number of para-hydroxylation sites is 1. The number of sulfonamides is 1. The quantitative estimate of drug-likeness (QED) is 0.440. The van der Waals surface area contributed by atoms with Crippen molar-refractivity contribution >= 4 is 38.3 Å². The predicted octanol–water partition coefficient (Wildman–Crippen LogP) is 4.50. The Hall–Kier alpha value is -3.91. The van der Waals surface area contributed by atoms with Gasteiger partial charge in [-0.3, -0.25) is 9.10 Å². The molecule has 7 nitrogen and oxygen atoms in total.